The SMILES string of the molecule is C[C@H](CCC1=C[C@](C)(O)C(=O)O1)[C@H]1CCC2C(=O)CCC[C@@]21C. The van der Waals surface area contributed by atoms with Crippen LogP contribution in [0.1, 0.15) is 65.7 Å². The largest absolute Gasteiger partial charge is 0.429 e. The Morgan fingerprint density at radius 2 is 2.09 bits per heavy atom. The molecule has 0 amide bonds. The second-order valence-electron chi connectivity index (χ2n) is 8.23. The molecule has 0 aromatic rings. The first-order valence-corrected chi connectivity index (χ1v) is 8.93. The number of fused-ring (bicyclic) bond motifs is 1. The Hall–Kier alpha value is -1.16. The fourth-order valence-electron chi connectivity index (χ4n) is 5.22. The van der Waals surface area contributed by atoms with Gasteiger partial charge in [0.25, 0.3) is 0 Å². The van der Waals surface area contributed by atoms with Crippen LogP contribution in [0.5, 0.6) is 0 Å². The number of hydrogen-bond acceptors (Lipinski definition) is 4. The number of carbonyl (C=O) groups is 2. The summed E-state index contributed by atoms with van der Waals surface area (Å²) in [6.45, 7) is 6.03. The van der Waals surface area contributed by atoms with E-state index in [-0.39, 0.29) is 11.3 Å². The maximum Gasteiger partial charge on any atom is 0.347 e. The molecule has 0 aromatic carbocycles. The van der Waals surface area contributed by atoms with E-state index in [1.807, 2.05) is 0 Å². The normalized spacial score (nSPS) is 41.5. The molecule has 2 saturated carbocycles. The molecule has 2 fully saturated rings. The van der Waals surface area contributed by atoms with E-state index < -0.39 is 11.6 Å². The number of aliphatic hydroxyl groups is 1. The highest BCUT2D eigenvalue weighted by Gasteiger charge is 2.52. The van der Waals surface area contributed by atoms with Crippen LogP contribution in [-0.4, -0.2) is 22.5 Å². The zero-order valence-electron chi connectivity index (χ0n) is 14.4. The van der Waals surface area contributed by atoms with E-state index in [2.05, 4.69) is 13.8 Å². The summed E-state index contributed by atoms with van der Waals surface area (Å²) in [5, 5.41) is 9.85. The summed E-state index contributed by atoms with van der Waals surface area (Å²) in [6, 6.07) is 0. The fraction of sp³-hybridized carbons (Fsp3) is 0.789. The van der Waals surface area contributed by atoms with Crippen molar-refractivity contribution in [2.75, 3.05) is 0 Å². The van der Waals surface area contributed by atoms with Crippen molar-refractivity contribution >= 4 is 11.8 Å². The van der Waals surface area contributed by atoms with Gasteiger partial charge >= 0.3 is 5.97 Å². The maximum absolute atomic E-state index is 12.2. The molecule has 0 aromatic heterocycles. The van der Waals surface area contributed by atoms with Crippen LogP contribution < -0.4 is 0 Å². The monoisotopic (exact) mass is 320 g/mol. The quantitative estimate of drug-likeness (QED) is 0.807. The first-order valence-electron chi connectivity index (χ1n) is 8.93. The molecule has 0 bridgehead atoms. The van der Waals surface area contributed by atoms with Gasteiger partial charge in [-0.2, -0.15) is 0 Å². The lowest BCUT2D eigenvalue weighted by Gasteiger charge is -2.42. The lowest BCUT2D eigenvalue weighted by molar-refractivity contribution is -0.150. The standard InChI is InChI=1S/C19H28O4/c1-12(6-7-13-11-19(3,22)17(21)23-13)14-8-9-15-16(20)5-4-10-18(14,15)2/h11-12,14-15,22H,4-10H2,1-3H3/t12-,14-,15?,18-,19+/m1/s1. The number of hydrogen-bond donors (Lipinski definition) is 1. The summed E-state index contributed by atoms with van der Waals surface area (Å²) in [7, 11) is 0. The molecule has 1 heterocycles. The molecule has 3 rings (SSSR count). The lowest BCUT2D eigenvalue weighted by Crippen LogP contribution is -2.39. The average Bonchev–Trinajstić information content (AvgIpc) is 2.94. The fourth-order valence-corrected chi connectivity index (χ4v) is 5.22. The van der Waals surface area contributed by atoms with Gasteiger partial charge in [-0.3, -0.25) is 4.79 Å². The Bertz CT molecular complexity index is 548. The van der Waals surface area contributed by atoms with Crippen LogP contribution in [0, 0.1) is 23.2 Å². The van der Waals surface area contributed by atoms with Gasteiger partial charge in [0.05, 0.1) is 0 Å². The molecule has 4 heteroatoms. The van der Waals surface area contributed by atoms with Crippen molar-refractivity contribution in [1.29, 1.82) is 0 Å². The number of Topliss-reactive ketones (excluding diaryl/α,β-unsaturated/α-hetero) is 1. The predicted octanol–water partition coefficient (Wildman–Crippen LogP) is 3.38. The number of esters is 1. The van der Waals surface area contributed by atoms with Crippen LogP contribution in [0.25, 0.3) is 0 Å². The molecule has 5 atom stereocenters. The first kappa shape index (κ1) is 16.7. The highest BCUT2D eigenvalue weighted by molar-refractivity contribution is 5.85. The van der Waals surface area contributed by atoms with E-state index in [4.69, 9.17) is 4.74 Å². The Labute approximate surface area is 138 Å². The number of allylic oxidation sites excluding steroid dienone is 1. The van der Waals surface area contributed by atoms with Crippen LogP contribution in [-0.2, 0) is 14.3 Å². The predicted molar refractivity (Wildman–Crippen MR) is 86.4 cm³/mol. The molecule has 2 aliphatic carbocycles. The highest BCUT2D eigenvalue weighted by atomic mass is 16.6. The van der Waals surface area contributed by atoms with Gasteiger partial charge in [-0.25, -0.2) is 4.79 Å². The smallest absolute Gasteiger partial charge is 0.347 e. The van der Waals surface area contributed by atoms with Gasteiger partial charge in [-0.05, 0) is 62.4 Å². The van der Waals surface area contributed by atoms with Crippen molar-refractivity contribution in [3.63, 3.8) is 0 Å². The molecule has 1 aliphatic heterocycles. The lowest BCUT2D eigenvalue weighted by atomic mass is 9.62. The number of cyclic esters (lactones) is 1. The van der Waals surface area contributed by atoms with Gasteiger partial charge in [0.1, 0.15) is 11.5 Å². The molecule has 1 unspecified atom stereocenters. The molecule has 23 heavy (non-hydrogen) atoms. The Morgan fingerprint density at radius 3 is 2.74 bits per heavy atom. The van der Waals surface area contributed by atoms with Crippen molar-refractivity contribution in [3.8, 4) is 0 Å². The van der Waals surface area contributed by atoms with Crippen molar-refractivity contribution in [1.82, 2.24) is 0 Å². The molecule has 0 radical (unpaired) electrons. The van der Waals surface area contributed by atoms with E-state index in [0.717, 1.165) is 38.5 Å². The molecular weight excluding hydrogens is 292 g/mol. The molecule has 3 aliphatic rings. The molecule has 128 valence electrons. The molecule has 4 nitrogen and oxygen atoms in total. The summed E-state index contributed by atoms with van der Waals surface area (Å²) in [5.41, 5.74) is -1.32. The van der Waals surface area contributed by atoms with Crippen LogP contribution in [0.2, 0.25) is 0 Å². The summed E-state index contributed by atoms with van der Waals surface area (Å²) < 4.78 is 5.16. The van der Waals surface area contributed by atoms with Crippen LogP contribution in [0.3, 0.4) is 0 Å². The minimum Gasteiger partial charge on any atom is -0.429 e. The minimum atomic E-state index is -1.47. The maximum atomic E-state index is 12.2. The number of ether oxygens (including phenoxy) is 1. The summed E-state index contributed by atoms with van der Waals surface area (Å²) in [6.07, 6.45) is 8.25. The van der Waals surface area contributed by atoms with E-state index >= 15 is 0 Å². The van der Waals surface area contributed by atoms with Gasteiger partial charge in [-0.1, -0.05) is 13.8 Å². The summed E-state index contributed by atoms with van der Waals surface area (Å²) in [5.74, 6) is 1.79. The number of ketones is 1. The van der Waals surface area contributed by atoms with Crippen molar-refractivity contribution in [2.24, 2.45) is 23.2 Å². The number of carbonyl (C=O) groups excluding carboxylic acids is 2. The molecular formula is C19H28O4. The van der Waals surface area contributed by atoms with E-state index in [1.54, 1.807) is 0 Å². The molecule has 1 N–H and O–H groups in total. The van der Waals surface area contributed by atoms with Crippen LogP contribution in [0.4, 0.5) is 0 Å². The third-order valence-corrected chi connectivity index (χ3v) is 6.55. The van der Waals surface area contributed by atoms with Gasteiger partial charge in [0.2, 0.25) is 0 Å². The Balaban J connectivity index is 1.62. The second kappa shape index (κ2) is 5.73. The third kappa shape index (κ3) is 2.86. The van der Waals surface area contributed by atoms with Crippen molar-refractivity contribution in [3.05, 3.63) is 11.8 Å². The topological polar surface area (TPSA) is 63.6 Å². The number of rotatable bonds is 4. The summed E-state index contributed by atoms with van der Waals surface area (Å²) >= 11 is 0. The zero-order chi connectivity index (χ0) is 16.8. The summed E-state index contributed by atoms with van der Waals surface area (Å²) in [4.78, 5) is 23.7. The van der Waals surface area contributed by atoms with E-state index in [9.17, 15) is 14.7 Å². The first-order chi connectivity index (χ1) is 10.7. The second-order valence-corrected chi connectivity index (χ2v) is 8.23. The van der Waals surface area contributed by atoms with Gasteiger partial charge < -0.3 is 9.84 Å². The van der Waals surface area contributed by atoms with E-state index in [0.29, 0.717) is 29.8 Å². The van der Waals surface area contributed by atoms with Gasteiger partial charge in [0.15, 0.2) is 5.60 Å². The zero-order valence-corrected chi connectivity index (χ0v) is 14.4. The van der Waals surface area contributed by atoms with Gasteiger partial charge in [-0.15, -0.1) is 0 Å². The van der Waals surface area contributed by atoms with Crippen molar-refractivity contribution in [2.45, 2.75) is 71.3 Å². The van der Waals surface area contributed by atoms with E-state index in [1.165, 1.54) is 13.0 Å². The van der Waals surface area contributed by atoms with Gasteiger partial charge in [0, 0.05) is 18.8 Å². The third-order valence-electron chi connectivity index (χ3n) is 6.55. The van der Waals surface area contributed by atoms with Crippen LogP contribution >= 0.6 is 0 Å². The Morgan fingerprint density at radius 1 is 1.35 bits per heavy atom. The molecule has 0 spiro atoms. The van der Waals surface area contributed by atoms with Crippen LogP contribution in [0.15, 0.2) is 11.8 Å². The average molecular weight is 320 g/mol. The molecule has 0 saturated heterocycles. The highest BCUT2D eigenvalue weighted by Crippen LogP contribution is 2.57. The van der Waals surface area contributed by atoms with Crippen molar-refractivity contribution < 1.29 is 19.4 Å². The Kier molecular flexibility index (Phi) is 4.16. The minimum absolute atomic E-state index is 0.154.